The molecule has 0 aliphatic heterocycles. The lowest BCUT2D eigenvalue weighted by Gasteiger charge is -2.16. The van der Waals surface area contributed by atoms with E-state index in [1.165, 1.54) is 6.20 Å². The van der Waals surface area contributed by atoms with Crippen LogP contribution in [0.25, 0.3) is 10.8 Å². The average molecular weight is 377 g/mol. The van der Waals surface area contributed by atoms with Gasteiger partial charge in [0, 0.05) is 29.5 Å². The minimum absolute atomic E-state index is 0. The summed E-state index contributed by atoms with van der Waals surface area (Å²) in [5.41, 5.74) is 0.337. The van der Waals surface area contributed by atoms with Gasteiger partial charge in [0.1, 0.15) is 17.5 Å². The molecule has 0 aliphatic carbocycles. The topological polar surface area (TPSA) is 92.1 Å². The smallest absolute Gasteiger partial charge is 0.261 e. The minimum atomic E-state index is -2.60. The van der Waals surface area contributed by atoms with Gasteiger partial charge in [-0.15, -0.1) is 0 Å². The van der Waals surface area contributed by atoms with E-state index in [0.29, 0.717) is 21.6 Å². The van der Waals surface area contributed by atoms with Gasteiger partial charge in [0.05, 0.1) is 12.0 Å². The molecule has 0 saturated carbocycles. The molecular weight excluding hydrogens is 350 g/mol. The van der Waals surface area contributed by atoms with E-state index in [1.807, 2.05) is 19.1 Å². The molecule has 138 valence electrons. The van der Waals surface area contributed by atoms with Crippen molar-refractivity contribution in [3.8, 4) is 0 Å². The Balaban J connectivity index is 0.00000300. The average Bonchev–Trinajstić information content (AvgIpc) is 2.60. The van der Waals surface area contributed by atoms with Gasteiger partial charge in [0.2, 0.25) is 0 Å². The van der Waals surface area contributed by atoms with Crippen molar-refractivity contribution >= 4 is 41.7 Å². The van der Waals surface area contributed by atoms with E-state index in [0.717, 1.165) is 5.56 Å². The summed E-state index contributed by atoms with van der Waals surface area (Å²) in [6.45, 7) is 0.878. The molecule has 3 aromatic rings. The number of nitrogens with one attached hydrogen (secondary N) is 2. The van der Waals surface area contributed by atoms with Crippen molar-refractivity contribution in [2.75, 3.05) is 17.2 Å². The van der Waals surface area contributed by atoms with Crippen molar-refractivity contribution in [2.45, 2.75) is 19.9 Å². The van der Waals surface area contributed by atoms with Gasteiger partial charge < -0.3 is 20.3 Å². The van der Waals surface area contributed by atoms with Crippen molar-refractivity contribution in [2.24, 2.45) is 6.98 Å². The second-order valence-corrected chi connectivity index (χ2v) is 5.88. The van der Waals surface area contributed by atoms with Gasteiger partial charge in [-0.1, -0.05) is 0 Å². The zero-order valence-corrected chi connectivity index (χ0v) is 15.4. The molecule has 7 nitrogen and oxygen atoms in total. The van der Waals surface area contributed by atoms with Crippen LogP contribution >= 0.6 is 13.5 Å². The molecule has 0 bridgehead atoms. The molecule has 3 N–H and O–H groups in total. The molecule has 26 heavy (non-hydrogen) atoms. The summed E-state index contributed by atoms with van der Waals surface area (Å²) in [6.07, 6.45) is 2.91. The third-order valence-electron chi connectivity index (χ3n) is 3.71. The number of aliphatic hydroxyl groups excluding tert-OH is 1. The van der Waals surface area contributed by atoms with E-state index in [4.69, 9.17) is 4.11 Å². The van der Waals surface area contributed by atoms with Gasteiger partial charge in [-0.3, -0.25) is 4.79 Å². The first-order valence-electron chi connectivity index (χ1n) is 9.33. The number of fused-ring (bicyclic) bond motifs is 1. The summed E-state index contributed by atoms with van der Waals surface area (Å²) in [4.78, 5) is 21.5. The van der Waals surface area contributed by atoms with Crippen LogP contribution in [0.1, 0.15) is 16.6 Å². The van der Waals surface area contributed by atoms with E-state index in [2.05, 4.69) is 20.6 Å². The van der Waals surface area contributed by atoms with Crippen LogP contribution in [0.2, 0.25) is 0 Å². The number of anilines is 3. The van der Waals surface area contributed by atoms with Crippen LogP contribution in [0.15, 0.2) is 41.5 Å². The number of nitrogens with zero attached hydrogens (tertiary/aromatic N) is 3. The predicted octanol–water partition coefficient (Wildman–Crippen LogP) is 2.29. The highest BCUT2D eigenvalue weighted by molar-refractivity contribution is 7.59. The van der Waals surface area contributed by atoms with E-state index < -0.39 is 12.5 Å². The van der Waals surface area contributed by atoms with E-state index >= 15 is 0 Å². The molecule has 3 aromatic heterocycles. The Bertz CT molecular complexity index is 1070. The molecule has 8 heteroatoms. The number of rotatable bonds is 5. The normalized spacial score (nSPS) is 13.9. The minimum Gasteiger partial charge on any atom is -0.394 e. The summed E-state index contributed by atoms with van der Waals surface area (Å²) < 4.78 is 23.3. The lowest BCUT2D eigenvalue weighted by molar-refractivity contribution is 0.281. The highest BCUT2D eigenvalue weighted by atomic mass is 32.1. The SMILES string of the molecule is S.[2H]C([2H])([2H])n1ccc2cc(Nc3cc(C)ccn3)nc(N[C@@H](C)CO)c2c1=O. The zero-order chi connectivity index (χ0) is 20.5. The highest BCUT2D eigenvalue weighted by Gasteiger charge is 2.13. The maximum Gasteiger partial charge on any atom is 0.261 e. The number of hydrogen-bond donors (Lipinski definition) is 3. The summed E-state index contributed by atoms with van der Waals surface area (Å²) in [6, 6.07) is 6.53. The molecule has 0 aliphatic rings. The van der Waals surface area contributed by atoms with E-state index in [1.54, 1.807) is 25.3 Å². The third kappa shape index (κ3) is 4.14. The Labute approximate surface area is 162 Å². The van der Waals surface area contributed by atoms with Crippen LogP contribution in [0.5, 0.6) is 0 Å². The molecular formula is C18H23N5O2S. The summed E-state index contributed by atoms with van der Waals surface area (Å²) in [5, 5.41) is 16.1. The molecule has 0 spiro atoms. The second kappa shape index (κ2) is 8.20. The monoisotopic (exact) mass is 376 g/mol. The number of hydrogen-bond acceptors (Lipinski definition) is 6. The summed E-state index contributed by atoms with van der Waals surface area (Å²) >= 11 is 0. The standard InChI is InChI=1S/C18H21N5O2.H2S/c1-11-4-6-19-14(8-11)21-15-9-13-5-7-23(3)18(25)16(13)17(22-15)20-12(2)10-24;/h4-9,12,24H,10H2,1-3H3,(H2,19,20,21,22);1H2/t12-;/m0./s1/i3D3;. The van der Waals surface area contributed by atoms with Crippen molar-refractivity contribution in [3.05, 3.63) is 52.6 Å². The maximum atomic E-state index is 12.8. The number of aliphatic hydroxyl groups is 1. The summed E-state index contributed by atoms with van der Waals surface area (Å²) in [5.74, 6) is 1.21. The van der Waals surface area contributed by atoms with Crippen LogP contribution in [0, 0.1) is 6.92 Å². The molecule has 3 rings (SSSR count). The van der Waals surface area contributed by atoms with Gasteiger partial charge in [0.25, 0.3) is 5.56 Å². The van der Waals surface area contributed by atoms with Gasteiger partial charge in [-0.2, -0.15) is 13.5 Å². The predicted molar refractivity (Wildman–Crippen MR) is 110 cm³/mol. The third-order valence-corrected chi connectivity index (χ3v) is 3.71. The zero-order valence-electron chi connectivity index (χ0n) is 17.4. The number of aromatic nitrogens is 3. The lowest BCUT2D eigenvalue weighted by atomic mass is 10.2. The van der Waals surface area contributed by atoms with Gasteiger partial charge in [-0.25, -0.2) is 9.97 Å². The van der Waals surface area contributed by atoms with Crippen LogP contribution in [-0.2, 0) is 6.98 Å². The molecule has 1 atom stereocenters. The fourth-order valence-electron chi connectivity index (χ4n) is 2.45. The Morgan fingerprint density at radius 3 is 2.85 bits per heavy atom. The molecule has 0 radical (unpaired) electrons. The van der Waals surface area contributed by atoms with Crippen molar-refractivity contribution in [1.82, 2.24) is 14.5 Å². The van der Waals surface area contributed by atoms with E-state index in [9.17, 15) is 9.90 Å². The van der Waals surface area contributed by atoms with Crippen molar-refractivity contribution in [3.63, 3.8) is 0 Å². The van der Waals surface area contributed by atoms with Gasteiger partial charge in [0.15, 0.2) is 0 Å². The molecule has 0 aromatic carbocycles. The summed E-state index contributed by atoms with van der Waals surface area (Å²) in [7, 11) is 0. The van der Waals surface area contributed by atoms with Crippen molar-refractivity contribution < 1.29 is 9.22 Å². The molecule has 0 fully saturated rings. The van der Waals surface area contributed by atoms with Crippen LogP contribution in [0.4, 0.5) is 17.5 Å². The first kappa shape index (κ1) is 15.7. The fourth-order valence-corrected chi connectivity index (χ4v) is 2.45. The number of aryl methyl sites for hydroxylation is 2. The molecule has 0 saturated heterocycles. The first-order valence-corrected chi connectivity index (χ1v) is 7.83. The number of pyridine rings is 3. The van der Waals surface area contributed by atoms with E-state index in [-0.39, 0.29) is 37.3 Å². The first-order chi connectivity index (χ1) is 13.2. The highest BCUT2D eigenvalue weighted by Crippen LogP contribution is 2.24. The quantitative estimate of drug-likeness (QED) is 0.633. The lowest BCUT2D eigenvalue weighted by Crippen LogP contribution is -2.23. The molecule has 3 heterocycles. The fraction of sp³-hybridized carbons (Fsp3) is 0.278. The Kier molecular flexibility index (Phi) is 4.94. The van der Waals surface area contributed by atoms with Gasteiger partial charge in [-0.05, 0) is 49.1 Å². The Morgan fingerprint density at radius 1 is 1.35 bits per heavy atom. The molecule has 0 unspecified atom stereocenters. The van der Waals surface area contributed by atoms with Crippen LogP contribution < -0.4 is 16.2 Å². The largest absolute Gasteiger partial charge is 0.394 e. The van der Waals surface area contributed by atoms with Gasteiger partial charge >= 0.3 is 0 Å². The molecule has 0 amide bonds. The van der Waals surface area contributed by atoms with Crippen molar-refractivity contribution in [1.29, 1.82) is 0 Å². The Morgan fingerprint density at radius 2 is 2.15 bits per heavy atom. The Hall–Kier alpha value is -2.58. The maximum absolute atomic E-state index is 12.8. The second-order valence-electron chi connectivity index (χ2n) is 5.88. The van der Waals surface area contributed by atoms with Crippen LogP contribution in [-0.4, -0.2) is 32.3 Å². The van der Waals surface area contributed by atoms with Crippen LogP contribution in [0.3, 0.4) is 0 Å².